The summed E-state index contributed by atoms with van der Waals surface area (Å²) in [5.74, 6) is -0.0738. The Kier molecular flexibility index (Phi) is 5.13. The lowest BCUT2D eigenvalue weighted by Crippen LogP contribution is -2.36. The van der Waals surface area contributed by atoms with Crippen LogP contribution in [0, 0.1) is 11.6 Å². The van der Waals surface area contributed by atoms with Crippen molar-refractivity contribution in [2.75, 3.05) is 36.5 Å². The average Bonchev–Trinajstić information content (AvgIpc) is 2.80. The summed E-state index contributed by atoms with van der Waals surface area (Å²) >= 11 is 0. The van der Waals surface area contributed by atoms with E-state index < -0.39 is 11.6 Å². The van der Waals surface area contributed by atoms with Crippen molar-refractivity contribution in [2.45, 2.75) is 0 Å². The predicted molar refractivity (Wildman–Crippen MR) is 115 cm³/mol. The van der Waals surface area contributed by atoms with Gasteiger partial charge in [-0.3, -0.25) is 0 Å². The molecule has 156 valence electrons. The topological polar surface area (TPSA) is 63.2 Å². The Bertz CT molecular complexity index is 1210. The maximum absolute atomic E-state index is 14.4. The molecule has 0 saturated carbocycles. The average molecular weight is 419 g/mol. The molecule has 1 N–H and O–H groups in total. The summed E-state index contributed by atoms with van der Waals surface area (Å²) in [6.07, 6.45) is 3.34. The standard InChI is InChI=1S/C23H19F2N5O/c24-18-5-2-6-19(25)21(18)17-4-1-3-15-13-27-23(29-22(15)17)28-16-7-8-20(26-14-16)30-9-11-31-12-10-30/h1-8,13-14H,9-12H2,(H,27,28,29). The van der Waals surface area contributed by atoms with E-state index in [1.165, 1.54) is 18.2 Å². The van der Waals surface area contributed by atoms with Crippen molar-refractivity contribution >= 4 is 28.4 Å². The van der Waals surface area contributed by atoms with Gasteiger partial charge in [-0.2, -0.15) is 0 Å². The van der Waals surface area contributed by atoms with Crippen LogP contribution in [0.2, 0.25) is 0 Å². The highest BCUT2D eigenvalue weighted by atomic mass is 19.1. The van der Waals surface area contributed by atoms with Crippen molar-refractivity contribution in [1.29, 1.82) is 0 Å². The molecule has 1 fully saturated rings. The molecule has 6 nitrogen and oxygen atoms in total. The molecule has 0 atom stereocenters. The van der Waals surface area contributed by atoms with Gasteiger partial charge in [0, 0.05) is 30.2 Å². The summed E-state index contributed by atoms with van der Waals surface area (Å²) in [7, 11) is 0. The molecular weight excluding hydrogens is 400 g/mol. The van der Waals surface area contributed by atoms with E-state index >= 15 is 0 Å². The van der Waals surface area contributed by atoms with Gasteiger partial charge in [0.05, 0.1) is 36.2 Å². The third-order valence-electron chi connectivity index (χ3n) is 5.18. The van der Waals surface area contributed by atoms with Gasteiger partial charge in [0.1, 0.15) is 17.5 Å². The third-order valence-corrected chi connectivity index (χ3v) is 5.18. The number of nitrogens with one attached hydrogen (secondary N) is 1. The Morgan fingerprint density at radius 3 is 2.39 bits per heavy atom. The van der Waals surface area contributed by atoms with E-state index in [0.717, 1.165) is 18.9 Å². The first kappa shape index (κ1) is 19.3. The second-order valence-electron chi connectivity index (χ2n) is 7.16. The van der Waals surface area contributed by atoms with E-state index in [9.17, 15) is 8.78 Å². The molecule has 0 radical (unpaired) electrons. The first-order valence-electron chi connectivity index (χ1n) is 9.95. The highest BCUT2D eigenvalue weighted by Gasteiger charge is 2.16. The molecule has 4 aromatic rings. The number of hydrogen-bond acceptors (Lipinski definition) is 6. The second kappa shape index (κ2) is 8.23. The maximum Gasteiger partial charge on any atom is 0.227 e. The van der Waals surface area contributed by atoms with Crippen molar-refractivity contribution in [2.24, 2.45) is 0 Å². The van der Waals surface area contributed by atoms with E-state index in [0.29, 0.717) is 41.3 Å². The molecule has 2 aromatic carbocycles. The molecule has 0 aliphatic carbocycles. The Morgan fingerprint density at radius 2 is 1.65 bits per heavy atom. The van der Waals surface area contributed by atoms with E-state index in [-0.39, 0.29) is 5.56 Å². The predicted octanol–water partition coefficient (Wildman–Crippen LogP) is 4.55. The minimum atomic E-state index is -0.636. The molecule has 1 aliphatic heterocycles. The number of pyridine rings is 1. The number of nitrogens with zero attached hydrogens (tertiary/aromatic N) is 4. The minimum absolute atomic E-state index is 0.103. The zero-order chi connectivity index (χ0) is 21.2. The van der Waals surface area contributed by atoms with Gasteiger partial charge in [0.25, 0.3) is 0 Å². The number of benzene rings is 2. The number of hydrogen-bond donors (Lipinski definition) is 1. The molecule has 0 unspecified atom stereocenters. The Labute approximate surface area is 177 Å². The van der Waals surface area contributed by atoms with Gasteiger partial charge in [-0.05, 0) is 24.3 Å². The molecule has 2 aromatic heterocycles. The van der Waals surface area contributed by atoms with E-state index in [4.69, 9.17) is 4.74 Å². The van der Waals surface area contributed by atoms with Crippen LogP contribution in [0.5, 0.6) is 0 Å². The Hall–Kier alpha value is -3.65. The SMILES string of the molecule is Fc1cccc(F)c1-c1cccc2cnc(Nc3ccc(N4CCOCC4)nc3)nc12. The summed E-state index contributed by atoms with van der Waals surface area (Å²) in [5.41, 5.74) is 1.45. The van der Waals surface area contributed by atoms with Gasteiger partial charge in [0.2, 0.25) is 5.95 Å². The van der Waals surface area contributed by atoms with Crippen molar-refractivity contribution in [3.05, 3.63) is 72.6 Å². The molecule has 5 rings (SSSR count). The fraction of sp³-hybridized carbons (Fsp3) is 0.174. The lowest BCUT2D eigenvalue weighted by molar-refractivity contribution is 0.122. The minimum Gasteiger partial charge on any atom is -0.378 e. The molecular formula is C23H19F2N5O. The first-order chi connectivity index (χ1) is 15.2. The smallest absolute Gasteiger partial charge is 0.227 e. The highest BCUT2D eigenvalue weighted by molar-refractivity contribution is 5.94. The summed E-state index contributed by atoms with van der Waals surface area (Å²) in [6, 6.07) is 12.8. The van der Waals surface area contributed by atoms with Crippen molar-refractivity contribution in [1.82, 2.24) is 15.0 Å². The zero-order valence-electron chi connectivity index (χ0n) is 16.6. The van der Waals surface area contributed by atoms with E-state index in [1.54, 1.807) is 30.6 Å². The Balaban J connectivity index is 1.46. The van der Waals surface area contributed by atoms with Crippen LogP contribution in [0.1, 0.15) is 0 Å². The molecule has 0 amide bonds. The molecule has 3 heterocycles. The number of fused-ring (bicyclic) bond motifs is 1. The van der Waals surface area contributed by atoms with Gasteiger partial charge in [0.15, 0.2) is 0 Å². The highest BCUT2D eigenvalue weighted by Crippen LogP contribution is 2.32. The number of rotatable bonds is 4. The quantitative estimate of drug-likeness (QED) is 0.524. The van der Waals surface area contributed by atoms with Crippen LogP contribution in [0.15, 0.2) is 60.9 Å². The third kappa shape index (κ3) is 3.89. The molecule has 0 spiro atoms. The van der Waals surface area contributed by atoms with Gasteiger partial charge in [-0.15, -0.1) is 0 Å². The van der Waals surface area contributed by atoms with Crippen LogP contribution in [0.3, 0.4) is 0 Å². The maximum atomic E-state index is 14.4. The van der Waals surface area contributed by atoms with Crippen molar-refractivity contribution in [3.8, 4) is 11.1 Å². The number of para-hydroxylation sites is 1. The van der Waals surface area contributed by atoms with Gasteiger partial charge in [-0.1, -0.05) is 24.3 Å². The second-order valence-corrected chi connectivity index (χ2v) is 7.16. The van der Waals surface area contributed by atoms with Crippen LogP contribution in [-0.4, -0.2) is 41.3 Å². The number of halogens is 2. The normalized spacial score (nSPS) is 14.1. The lowest BCUT2D eigenvalue weighted by Gasteiger charge is -2.27. The monoisotopic (exact) mass is 419 g/mol. The van der Waals surface area contributed by atoms with E-state index in [1.807, 2.05) is 12.1 Å². The summed E-state index contributed by atoms with van der Waals surface area (Å²) in [5, 5.41) is 3.81. The van der Waals surface area contributed by atoms with Crippen molar-refractivity contribution < 1.29 is 13.5 Å². The summed E-state index contributed by atoms with van der Waals surface area (Å²) in [4.78, 5) is 15.5. The number of aromatic nitrogens is 3. The molecule has 31 heavy (non-hydrogen) atoms. The lowest BCUT2D eigenvalue weighted by atomic mass is 10.0. The fourth-order valence-corrected chi connectivity index (χ4v) is 3.64. The largest absolute Gasteiger partial charge is 0.378 e. The van der Waals surface area contributed by atoms with Crippen LogP contribution < -0.4 is 10.2 Å². The van der Waals surface area contributed by atoms with Gasteiger partial charge in [-0.25, -0.2) is 23.7 Å². The summed E-state index contributed by atoms with van der Waals surface area (Å²) < 4.78 is 34.1. The number of ether oxygens (including phenoxy) is 1. The van der Waals surface area contributed by atoms with E-state index in [2.05, 4.69) is 25.2 Å². The van der Waals surface area contributed by atoms with Crippen LogP contribution in [0.4, 0.5) is 26.2 Å². The Morgan fingerprint density at radius 1 is 0.871 bits per heavy atom. The fourth-order valence-electron chi connectivity index (χ4n) is 3.64. The molecule has 8 heteroatoms. The first-order valence-corrected chi connectivity index (χ1v) is 9.95. The van der Waals surface area contributed by atoms with Crippen LogP contribution >= 0.6 is 0 Å². The van der Waals surface area contributed by atoms with Crippen LogP contribution in [-0.2, 0) is 4.74 Å². The molecule has 1 aliphatic rings. The van der Waals surface area contributed by atoms with Gasteiger partial charge >= 0.3 is 0 Å². The number of anilines is 3. The molecule has 1 saturated heterocycles. The summed E-state index contributed by atoms with van der Waals surface area (Å²) in [6.45, 7) is 3.00. The van der Waals surface area contributed by atoms with Crippen LogP contribution in [0.25, 0.3) is 22.0 Å². The molecule has 0 bridgehead atoms. The zero-order valence-corrected chi connectivity index (χ0v) is 16.6. The number of morpholine rings is 1. The van der Waals surface area contributed by atoms with Gasteiger partial charge < -0.3 is 15.0 Å². The van der Waals surface area contributed by atoms with Crippen molar-refractivity contribution in [3.63, 3.8) is 0 Å².